The maximum Gasteiger partial charge on any atom is 0.340 e. The molecule has 0 saturated carbocycles. The summed E-state index contributed by atoms with van der Waals surface area (Å²) in [7, 11) is 3.10. The van der Waals surface area contributed by atoms with Gasteiger partial charge >= 0.3 is 5.97 Å². The van der Waals surface area contributed by atoms with Crippen molar-refractivity contribution < 1.29 is 18.3 Å². The van der Waals surface area contributed by atoms with Gasteiger partial charge in [-0.3, -0.25) is 9.48 Å². The van der Waals surface area contributed by atoms with Gasteiger partial charge in [0.15, 0.2) is 5.43 Å². The van der Waals surface area contributed by atoms with Crippen LogP contribution >= 0.6 is 0 Å². The van der Waals surface area contributed by atoms with E-state index in [1.165, 1.54) is 25.3 Å². The maximum atomic E-state index is 13.8. The van der Waals surface area contributed by atoms with Crippen LogP contribution in [0.1, 0.15) is 34.5 Å². The maximum absolute atomic E-state index is 13.8. The van der Waals surface area contributed by atoms with Crippen molar-refractivity contribution in [3.8, 4) is 11.3 Å². The summed E-state index contributed by atoms with van der Waals surface area (Å²) in [6.07, 6.45) is 1.78. The first-order valence-electron chi connectivity index (χ1n) is 11.4. The smallest absolute Gasteiger partial charge is 0.340 e. The normalized spacial score (nSPS) is 12.1. The third-order valence-electron chi connectivity index (χ3n) is 6.26. The van der Waals surface area contributed by atoms with Crippen molar-refractivity contribution in [1.82, 2.24) is 9.78 Å². The molecule has 0 fully saturated rings. The van der Waals surface area contributed by atoms with Gasteiger partial charge in [-0.25, -0.2) is 9.18 Å². The van der Waals surface area contributed by atoms with E-state index in [9.17, 15) is 14.0 Å². The number of halogens is 1. The number of rotatable bonds is 5. The second-order valence-corrected chi connectivity index (χ2v) is 8.80. The number of aryl methyl sites for hydroxylation is 2. The molecule has 0 saturated heterocycles. The molecule has 0 aliphatic heterocycles. The van der Waals surface area contributed by atoms with E-state index < -0.39 is 11.8 Å². The van der Waals surface area contributed by atoms with Crippen molar-refractivity contribution in [2.24, 2.45) is 7.05 Å². The molecule has 5 rings (SSSR count). The molecule has 2 aromatic heterocycles. The SMILES string of the molecule is COC(=O)c1cc(F)ccc1N[C@H](C)c1cc(C)cc2c(=O)cc(-c3ccc4cnn(C)c4c3)oc12. The Kier molecular flexibility index (Phi) is 5.80. The lowest BCUT2D eigenvalue weighted by molar-refractivity contribution is 0.0601. The molecule has 0 unspecified atom stereocenters. The fraction of sp³-hybridized carbons (Fsp3) is 0.179. The Bertz CT molecular complexity index is 1700. The van der Waals surface area contributed by atoms with Gasteiger partial charge < -0.3 is 14.5 Å². The number of carbonyl (C=O) groups excluding carboxylic acids is 1. The van der Waals surface area contributed by atoms with Crippen molar-refractivity contribution in [2.45, 2.75) is 19.9 Å². The quantitative estimate of drug-likeness (QED) is 0.319. The van der Waals surface area contributed by atoms with E-state index in [0.717, 1.165) is 33.7 Å². The predicted molar refractivity (Wildman–Crippen MR) is 137 cm³/mol. The van der Waals surface area contributed by atoms with Crippen molar-refractivity contribution in [3.05, 3.63) is 93.5 Å². The van der Waals surface area contributed by atoms with Gasteiger partial charge in [0.25, 0.3) is 0 Å². The van der Waals surface area contributed by atoms with Crippen LogP contribution in [0.3, 0.4) is 0 Å². The molecule has 7 nitrogen and oxygen atoms in total. The third kappa shape index (κ3) is 4.11. The first kappa shape index (κ1) is 23.3. The highest BCUT2D eigenvalue weighted by Crippen LogP contribution is 2.32. The van der Waals surface area contributed by atoms with Crippen LogP contribution < -0.4 is 10.7 Å². The highest BCUT2D eigenvalue weighted by Gasteiger charge is 2.20. The highest BCUT2D eigenvalue weighted by atomic mass is 19.1. The molecule has 8 heteroatoms. The summed E-state index contributed by atoms with van der Waals surface area (Å²) < 4.78 is 26.7. The summed E-state index contributed by atoms with van der Waals surface area (Å²) in [6.45, 7) is 3.78. The Morgan fingerprint density at radius 3 is 2.72 bits per heavy atom. The van der Waals surface area contributed by atoms with Gasteiger partial charge in [-0.2, -0.15) is 5.10 Å². The fourth-order valence-electron chi connectivity index (χ4n) is 4.43. The van der Waals surface area contributed by atoms with Gasteiger partial charge in [-0.05, 0) is 49.7 Å². The number of nitrogens with zero attached hydrogens (tertiary/aromatic N) is 2. The molecule has 0 spiro atoms. The summed E-state index contributed by atoms with van der Waals surface area (Å²) >= 11 is 0. The molecule has 0 amide bonds. The topological polar surface area (TPSA) is 86.4 Å². The Morgan fingerprint density at radius 1 is 1.14 bits per heavy atom. The first-order chi connectivity index (χ1) is 17.2. The molecule has 1 N–H and O–H groups in total. The third-order valence-corrected chi connectivity index (χ3v) is 6.26. The monoisotopic (exact) mass is 485 g/mol. The lowest BCUT2D eigenvalue weighted by Crippen LogP contribution is -2.13. The van der Waals surface area contributed by atoms with E-state index in [-0.39, 0.29) is 17.0 Å². The van der Waals surface area contributed by atoms with Gasteiger partial charge in [-0.15, -0.1) is 0 Å². The average Bonchev–Trinajstić information content (AvgIpc) is 3.24. The van der Waals surface area contributed by atoms with Crippen LogP contribution in [0.25, 0.3) is 33.2 Å². The molecule has 0 aliphatic rings. The van der Waals surface area contributed by atoms with Crippen LogP contribution in [0.4, 0.5) is 10.1 Å². The number of carbonyl (C=O) groups is 1. The zero-order valence-electron chi connectivity index (χ0n) is 20.3. The Hall–Kier alpha value is -4.46. The molecule has 0 bridgehead atoms. The Labute approximate surface area is 206 Å². The minimum atomic E-state index is -0.655. The molecular weight excluding hydrogens is 461 g/mol. The lowest BCUT2D eigenvalue weighted by atomic mass is 10.00. The van der Waals surface area contributed by atoms with Crippen molar-refractivity contribution >= 4 is 33.5 Å². The first-order valence-corrected chi connectivity index (χ1v) is 11.4. The van der Waals surface area contributed by atoms with E-state index in [4.69, 9.17) is 9.15 Å². The van der Waals surface area contributed by atoms with Crippen molar-refractivity contribution in [2.75, 3.05) is 12.4 Å². The van der Waals surface area contributed by atoms with Crippen LogP contribution in [0.5, 0.6) is 0 Å². The highest BCUT2D eigenvalue weighted by molar-refractivity contribution is 5.96. The van der Waals surface area contributed by atoms with Crippen molar-refractivity contribution in [1.29, 1.82) is 0 Å². The van der Waals surface area contributed by atoms with Crippen molar-refractivity contribution in [3.63, 3.8) is 0 Å². The van der Waals surface area contributed by atoms with Gasteiger partial charge in [0.2, 0.25) is 0 Å². The minimum absolute atomic E-state index is 0.0768. The Balaban J connectivity index is 1.63. The van der Waals surface area contributed by atoms with Gasteiger partial charge in [0.05, 0.1) is 35.8 Å². The summed E-state index contributed by atoms with van der Waals surface area (Å²) in [4.78, 5) is 25.4. The summed E-state index contributed by atoms with van der Waals surface area (Å²) in [5.74, 6) is -0.766. The summed E-state index contributed by atoms with van der Waals surface area (Å²) in [5, 5.41) is 8.97. The fourth-order valence-corrected chi connectivity index (χ4v) is 4.43. The minimum Gasteiger partial charge on any atom is -0.465 e. The number of ether oxygens (including phenoxy) is 1. The molecule has 2 heterocycles. The molecule has 182 valence electrons. The molecular formula is C28H24FN3O4. The second kappa shape index (κ2) is 8.96. The molecule has 0 aliphatic carbocycles. The number of fused-ring (bicyclic) bond motifs is 2. The largest absolute Gasteiger partial charge is 0.465 e. The van der Waals surface area contributed by atoms with Crippen LogP contribution in [0.15, 0.2) is 70.0 Å². The predicted octanol–water partition coefficient (Wildman–Crippen LogP) is 5.75. The number of nitrogens with one attached hydrogen (secondary N) is 1. The van der Waals surface area contributed by atoms with E-state index in [2.05, 4.69) is 10.4 Å². The number of benzene rings is 3. The van der Waals surface area contributed by atoms with E-state index in [1.807, 2.05) is 45.2 Å². The molecule has 1 atom stereocenters. The van der Waals surface area contributed by atoms with Crippen LogP contribution in [0.2, 0.25) is 0 Å². The number of hydrogen-bond acceptors (Lipinski definition) is 6. The van der Waals surface area contributed by atoms with Crippen LogP contribution in [-0.2, 0) is 11.8 Å². The standard InChI is InChI=1S/C28H24FN3O4/c1-15-9-20(16(2)31-23-8-7-19(29)12-21(23)28(34)35-4)27-22(10-15)25(33)13-26(36-27)17-5-6-18-14-30-32(3)24(18)11-17/h5-14,16,31H,1-4H3/t16-/m1/s1. The van der Waals surface area contributed by atoms with Crippen LogP contribution in [-0.4, -0.2) is 22.9 Å². The number of hydrogen-bond donors (Lipinski definition) is 1. The second-order valence-electron chi connectivity index (χ2n) is 8.80. The summed E-state index contributed by atoms with van der Waals surface area (Å²) in [6, 6.07) is 14.5. The zero-order chi connectivity index (χ0) is 25.6. The van der Waals surface area contributed by atoms with Gasteiger partial charge in [0.1, 0.15) is 17.2 Å². The number of esters is 1. The van der Waals surface area contributed by atoms with E-state index >= 15 is 0 Å². The number of methoxy groups -OCH3 is 1. The van der Waals surface area contributed by atoms with Gasteiger partial charge in [-0.1, -0.05) is 18.2 Å². The number of aromatic nitrogens is 2. The molecule has 5 aromatic rings. The summed E-state index contributed by atoms with van der Waals surface area (Å²) in [5.41, 5.74) is 4.05. The molecule has 3 aromatic carbocycles. The zero-order valence-corrected chi connectivity index (χ0v) is 20.3. The molecule has 36 heavy (non-hydrogen) atoms. The molecule has 0 radical (unpaired) electrons. The van der Waals surface area contributed by atoms with E-state index in [0.29, 0.717) is 22.4 Å². The number of anilines is 1. The average molecular weight is 486 g/mol. The lowest BCUT2D eigenvalue weighted by Gasteiger charge is -2.20. The Morgan fingerprint density at radius 2 is 1.94 bits per heavy atom. The van der Waals surface area contributed by atoms with Crippen LogP contribution in [0, 0.1) is 12.7 Å². The van der Waals surface area contributed by atoms with E-state index in [1.54, 1.807) is 16.9 Å². The van der Waals surface area contributed by atoms with Gasteiger partial charge in [0, 0.05) is 35.3 Å².